The van der Waals surface area contributed by atoms with Gasteiger partial charge in [0.05, 0.1) is 19.3 Å². The van der Waals surface area contributed by atoms with Crippen LogP contribution in [0.3, 0.4) is 0 Å². The van der Waals surface area contributed by atoms with Crippen LogP contribution >= 0.6 is 0 Å². The maximum absolute atomic E-state index is 12.2. The molecule has 1 atom stereocenters. The second-order valence-electron chi connectivity index (χ2n) is 5.57. The van der Waals surface area contributed by atoms with Gasteiger partial charge >= 0.3 is 6.09 Å². The highest BCUT2D eigenvalue weighted by molar-refractivity contribution is 5.68. The Morgan fingerprint density at radius 1 is 1.33 bits per heavy atom. The summed E-state index contributed by atoms with van der Waals surface area (Å²) in [5.74, 6) is 0. The lowest BCUT2D eigenvalue weighted by Crippen LogP contribution is -2.39. The van der Waals surface area contributed by atoms with Crippen molar-refractivity contribution < 1.29 is 14.6 Å². The van der Waals surface area contributed by atoms with E-state index in [2.05, 4.69) is 6.92 Å². The summed E-state index contributed by atoms with van der Waals surface area (Å²) < 4.78 is 5.37. The number of likely N-dealkylation sites (tertiary alicyclic amines) is 1. The van der Waals surface area contributed by atoms with Crippen molar-refractivity contribution >= 4 is 6.09 Å². The number of carbonyl (C=O) groups is 1. The molecule has 1 N–H and O–H groups in total. The highest BCUT2D eigenvalue weighted by atomic mass is 16.6. The molecule has 1 heterocycles. The molecule has 21 heavy (non-hydrogen) atoms. The maximum atomic E-state index is 12.2. The number of hydrogen-bond acceptors (Lipinski definition) is 3. The molecular weight excluding hydrogens is 266 g/mol. The summed E-state index contributed by atoms with van der Waals surface area (Å²) in [4.78, 5) is 14.1. The molecule has 0 saturated carbocycles. The second-order valence-corrected chi connectivity index (χ2v) is 5.57. The van der Waals surface area contributed by atoms with Gasteiger partial charge in [-0.15, -0.1) is 0 Å². The first kappa shape index (κ1) is 15.8. The number of aliphatic hydroxyl groups excluding tert-OH is 1. The van der Waals surface area contributed by atoms with Crippen LogP contribution in [0.5, 0.6) is 0 Å². The fourth-order valence-electron chi connectivity index (χ4n) is 2.73. The molecule has 4 heteroatoms. The Balaban J connectivity index is 2.05. The predicted octanol–water partition coefficient (Wildman–Crippen LogP) is 3.64. The van der Waals surface area contributed by atoms with Gasteiger partial charge in [0.15, 0.2) is 0 Å². The quantitative estimate of drug-likeness (QED) is 0.843. The van der Waals surface area contributed by atoms with E-state index in [1.165, 1.54) is 0 Å². The highest BCUT2D eigenvalue weighted by Gasteiger charge is 2.28. The maximum Gasteiger partial charge on any atom is 0.410 e. The molecule has 1 aromatic carbocycles. The number of hydrogen-bond donors (Lipinski definition) is 1. The molecule has 0 radical (unpaired) electrons. The minimum absolute atomic E-state index is 0.0493. The summed E-state index contributed by atoms with van der Waals surface area (Å²) in [6.07, 6.45) is 4.88. The predicted molar refractivity (Wildman–Crippen MR) is 81.9 cm³/mol. The van der Waals surface area contributed by atoms with E-state index < -0.39 is 0 Å². The SMILES string of the molecule is CCCCOC(=O)N1CCCCC1c1ccc(CO)cc1. The van der Waals surface area contributed by atoms with E-state index >= 15 is 0 Å². The van der Waals surface area contributed by atoms with Crippen LogP contribution in [0.25, 0.3) is 0 Å². The molecule has 116 valence electrons. The molecule has 0 spiro atoms. The third-order valence-corrected chi connectivity index (χ3v) is 4.01. The monoisotopic (exact) mass is 291 g/mol. The molecule has 0 aliphatic carbocycles. The van der Waals surface area contributed by atoms with E-state index in [0.717, 1.165) is 49.8 Å². The van der Waals surface area contributed by atoms with Gasteiger partial charge in [0.2, 0.25) is 0 Å². The number of amides is 1. The highest BCUT2D eigenvalue weighted by Crippen LogP contribution is 2.31. The second kappa shape index (κ2) is 8.03. The molecule has 4 nitrogen and oxygen atoms in total. The fourth-order valence-corrected chi connectivity index (χ4v) is 2.73. The number of ether oxygens (including phenoxy) is 1. The molecule has 1 aliphatic heterocycles. The van der Waals surface area contributed by atoms with E-state index in [-0.39, 0.29) is 18.7 Å². The van der Waals surface area contributed by atoms with Crippen molar-refractivity contribution in [2.45, 2.75) is 51.7 Å². The third kappa shape index (κ3) is 4.21. The van der Waals surface area contributed by atoms with Crippen LogP contribution in [-0.2, 0) is 11.3 Å². The first-order valence-electron chi connectivity index (χ1n) is 7.89. The van der Waals surface area contributed by atoms with Gasteiger partial charge in [-0.25, -0.2) is 4.79 Å². The van der Waals surface area contributed by atoms with Gasteiger partial charge in [0.1, 0.15) is 0 Å². The lowest BCUT2D eigenvalue weighted by atomic mass is 9.95. The summed E-state index contributed by atoms with van der Waals surface area (Å²) in [7, 11) is 0. The summed E-state index contributed by atoms with van der Waals surface area (Å²) in [6, 6.07) is 7.96. The summed E-state index contributed by atoms with van der Waals surface area (Å²) in [5.41, 5.74) is 2.02. The normalized spacial score (nSPS) is 18.6. The Bertz CT molecular complexity index is 444. The minimum atomic E-state index is -0.195. The Morgan fingerprint density at radius 3 is 2.76 bits per heavy atom. The molecule has 1 aromatic rings. The van der Waals surface area contributed by atoms with Gasteiger partial charge in [-0.2, -0.15) is 0 Å². The molecular formula is C17H25NO3. The fraction of sp³-hybridized carbons (Fsp3) is 0.588. The zero-order chi connectivity index (χ0) is 15.1. The lowest BCUT2D eigenvalue weighted by molar-refractivity contribution is 0.0720. The summed E-state index contributed by atoms with van der Waals surface area (Å²) in [6.45, 7) is 3.40. The molecule has 2 rings (SSSR count). The van der Waals surface area contributed by atoms with Gasteiger partial charge in [0.25, 0.3) is 0 Å². The van der Waals surface area contributed by atoms with E-state index in [9.17, 15) is 4.79 Å². The van der Waals surface area contributed by atoms with Crippen LogP contribution in [0, 0.1) is 0 Å². The van der Waals surface area contributed by atoms with Crippen LogP contribution in [0.1, 0.15) is 56.2 Å². The topological polar surface area (TPSA) is 49.8 Å². The van der Waals surface area contributed by atoms with Crippen LogP contribution in [0.15, 0.2) is 24.3 Å². The van der Waals surface area contributed by atoms with Crippen molar-refractivity contribution in [1.29, 1.82) is 0 Å². The van der Waals surface area contributed by atoms with Crippen molar-refractivity contribution in [3.8, 4) is 0 Å². The lowest BCUT2D eigenvalue weighted by Gasteiger charge is -2.35. The van der Waals surface area contributed by atoms with Crippen molar-refractivity contribution in [1.82, 2.24) is 4.90 Å². The molecule has 1 fully saturated rings. The molecule has 0 aromatic heterocycles. The van der Waals surface area contributed by atoms with Crippen molar-refractivity contribution in [2.24, 2.45) is 0 Å². The number of benzene rings is 1. The van der Waals surface area contributed by atoms with Crippen LogP contribution in [0.4, 0.5) is 4.79 Å². The molecule has 1 unspecified atom stereocenters. The van der Waals surface area contributed by atoms with E-state index in [0.29, 0.717) is 6.61 Å². The average Bonchev–Trinajstić information content (AvgIpc) is 2.55. The third-order valence-electron chi connectivity index (χ3n) is 4.01. The number of unbranched alkanes of at least 4 members (excludes halogenated alkanes) is 1. The van der Waals surface area contributed by atoms with E-state index in [1.54, 1.807) is 0 Å². The average molecular weight is 291 g/mol. The Kier molecular flexibility index (Phi) is 6.05. The number of aliphatic hydroxyl groups is 1. The molecule has 1 aliphatic rings. The number of piperidine rings is 1. The Labute approximate surface area is 126 Å². The largest absolute Gasteiger partial charge is 0.449 e. The van der Waals surface area contributed by atoms with Gasteiger partial charge in [-0.3, -0.25) is 0 Å². The molecule has 1 amide bonds. The molecule has 0 bridgehead atoms. The van der Waals surface area contributed by atoms with E-state index in [1.807, 2.05) is 29.2 Å². The van der Waals surface area contributed by atoms with E-state index in [4.69, 9.17) is 9.84 Å². The smallest absolute Gasteiger partial charge is 0.410 e. The van der Waals surface area contributed by atoms with Crippen LogP contribution in [-0.4, -0.2) is 29.3 Å². The summed E-state index contributed by atoms with van der Waals surface area (Å²) >= 11 is 0. The number of rotatable bonds is 5. The zero-order valence-electron chi connectivity index (χ0n) is 12.8. The Morgan fingerprint density at radius 2 is 2.10 bits per heavy atom. The molecule has 1 saturated heterocycles. The Hall–Kier alpha value is -1.55. The van der Waals surface area contributed by atoms with Gasteiger partial charge in [-0.1, -0.05) is 37.6 Å². The summed E-state index contributed by atoms with van der Waals surface area (Å²) in [5, 5.41) is 9.11. The zero-order valence-corrected chi connectivity index (χ0v) is 12.8. The van der Waals surface area contributed by atoms with Gasteiger partial charge in [-0.05, 0) is 36.8 Å². The first-order chi connectivity index (χ1) is 10.3. The van der Waals surface area contributed by atoms with Crippen molar-refractivity contribution in [3.63, 3.8) is 0 Å². The van der Waals surface area contributed by atoms with Crippen molar-refractivity contribution in [2.75, 3.05) is 13.2 Å². The number of nitrogens with zero attached hydrogens (tertiary/aromatic N) is 1. The van der Waals surface area contributed by atoms with Gasteiger partial charge < -0.3 is 14.7 Å². The van der Waals surface area contributed by atoms with Crippen LogP contribution < -0.4 is 0 Å². The van der Waals surface area contributed by atoms with Gasteiger partial charge in [0, 0.05) is 6.54 Å². The number of carbonyl (C=O) groups excluding carboxylic acids is 1. The standard InChI is InChI=1S/C17H25NO3/c1-2-3-12-21-17(20)18-11-5-4-6-16(18)15-9-7-14(13-19)8-10-15/h7-10,16,19H,2-6,11-13H2,1H3. The van der Waals surface area contributed by atoms with Crippen LogP contribution in [0.2, 0.25) is 0 Å². The first-order valence-corrected chi connectivity index (χ1v) is 7.89. The van der Waals surface area contributed by atoms with Crippen molar-refractivity contribution in [3.05, 3.63) is 35.4 Å². The minimum Gasteiger partial charge on any atom is -0.449 e.